The summed E-state index contributed by atoms with van der Waals surface area (Å²) in [4.78, 5) is 7.03. The van der Waals surface area contributed by atoms with Crippen molar-refractivity contribution in [2.75, 3.05) is 51.4 Å². The van der Waals surface area contributed by atoms with E-state index in [0.717, 1.165) is 69.9 Å². The lowest BCUT2D eigenvalue weighted by molar-refractivity contribution is 0.00461. The van der Waals surface area contributed by atoms with Gasteiger partial charge in [-0.3, -0.25) is 4.90 Å². The molecule has 21 heavy (non-hydrogen) atoms. The van der Waals surface area contributed by atoms with Crippen molar-refractivity contribution < 1.29 is 9.47 Å². The molecule has 2 fully saturated rings. The van der Waals surface area contributed by atoms with Crippen molar-refractivity contribution in [2.24, 2.45) is 5.92 Å². The van der Waals surface area contributed by atoms with E-state index in [2.05, 4.69) is 26.5 Å². The molecule has 0 bridgehead atoms. The van der Waals surface area contributed by atoms with Gasteiger partial charge < -0.3 is 14.8 Å². The number of anilines is 1. The zero-order valence-corrected chi connectivity index (χ0v) is 13.4. The maximum absolute atomic E-state index is 5.59. The molecule has 0 aliphatic carbocycles. The molecule has 3 heterocycles. The van der Waals surface area contributed by atoms with Crippen LogP contribution in [-0.4, -0.2) is 66.4 Å². The van der Waals surface area contributed by atoms with E-state index in [1.807, 2.05) is 0 Å². The molecule has 2 aliphatic rings. The Balaban J connectivity index is 1.60. The Bertz CT molecular complexity index is 430. The Morgan fingerprint density at radius 3 is 2.86 bits per heavy atom. The SMILES string of the molecule is CCc1nsc(NC[C@@H]([C@H]2CCOC2)N2CCOCC2)n1. The molecular weight excluding hydrogens is 288 g/mol. The number of nitrogens with zero attached hydrogens (tertiary/aromatic N) is 3. The van der Waals surface area contributed by atoms with Crippen LogP contribution < -0.4 is 5.32 Å². The Morgan fingerprint density at radius 1 is 1.33 bits per heavy atom. The van der Waals surface area contributed by atoms with Gasteiger partial charge in [0, 0.05) is 56.2 Å². The van der Waals surface area contributed by atoms with Crippen LogP contribution in [0.2, 0.25) is 0 Å². The van der Waals surface area contributed by atoms with Crippen LogP contribution in [0, 0.1) is 5.92 Å². The first kappa shape index (κ1) is 15.1. The predicted octanol–water partition coefficient (Wildman–Crippen LogP) is 1.25. The van der Waals surface area contributed by atoms with E-state index in [-0.39, 0.29) is 0 Å². The van der Waals surface area contributed by atoms with E-state index >= 15 is 0 Å². The highest BCUT2D eigenvalue weighted by Crippen LogP contribution is 2.23. The minimum Gasteiger partial charge on any atom is -0.381 e. The summed E-state index contributed by atoms with van der Waals surface area (Å²) < 4.78 is 15.4. The number of hydrogen-bond donors (Lipinski definition) is 1. The van der Waals surface area contributed by atoms with Gasteiger partial charge in [0.25, 0.3) is 0 Å². The third kappa shape index (κ3) is 3.91. The summed E-state index contributed by atoms with van der Waals surface area (Å²) in [5, 5.41) is 4.41. The molecule has 2 atom stereocenters. The molecule has 6 nitrogen and oxygen atoms in total. The van der Waals surface area contributed by atoms with Crippen molar-refractivity contribution in [3.63, 3.8) is 0 Å². The molecule has 1 aromatic rings. The summed E-state index contributed by atoms with van der Waals surface area (Å²) in [5.41, 5.74) is 0. The van der Waals surface area contributed by atoms with Gasteiger partial charge >= 0.3 is 0 Å². The first-order chi connectivity index (χ1) is 10.4. The molecule has 3 rings (SSSR count). The van der Waals surface area contributed by atoms with Crippen molar-refractivity contribution in [2.45, 2.75) is 25.8 Å². The fourth-order valence-corrected chi connectivity index (χ4v) is 3.68. The zero-order valence-electron chi connectivity index (χ0n) is 12.6. The maximum atomic E-state index is 5.59. The third-order valence-electron chi connectivity index (χ3n) is 4.27. The number of ether oxygens (including phenoxy) is 2. The van der Waals surface area contributed by atoms with Crippen LogP contribution in [0.25, 0.3) is 0 Å². The van der Waals surface area contributed by atoms with E-state index in [1.165, 1.54) is 11.5 Å². The lowest BCUT2D eigenvalue weighted by Gasteiger charge is -2.37. The second-order valence-electron chi connectivity index (χ2n) is 5.59. The van der Waals surface area contributed by atoms with Gasteiger partial charge in [0.1, 0.15) is 5.82 Å². The molecule has 0 spiro atoms. The lowest BCUT2D eigenvalue weighted by atomic mass is 9.97. The highest BCUT2D eigenvalue weighted by Gasteiger charge is 2.31. The number of aryl methyl sites for hydroxylation is 1. The molecule has 2 saturated heterocycles. The first-order valence-electron chi connectivity index (χ1n) is 7.83. The van der Waals surface area contributed by atoms with Gasteiger partial charge in [-0.05, 0) is 6.42 Å². The second kappa shape index (κ2) is 7.49. The largest absolute Gasteiger partial charge is 0.381 e. The molecule has 1 N–H and O–H groups in total. The van der Waals surface area contributed by atoms with Gasteiger partial charge in [0.15, 0.2) is 0 Å². The van der Waals surface area contributed by atoms with Crippen LogP contribution in [0.5, 0.6) is 0 Å². The molecule has 0 radical (unpaired) electrons. The van der Waals surface area contributed by atoms with E-state index in [0.29, 0.717) is 12.0 Å². The van der Waals surface area contributed by atoms with Crippen molar-refractivity contribution in [1.82, 2.24) is 14.3 Å². The minimum absolute atomic E-state index is 0.491. The molecule has 0 unspecified atom stereocenters. The monoisotopic (exact) mass is 312 g/mol. The number of rotatable bonds is 6. The van der Waals surface area contributed by atoms with Crippen LogP contribution in [0.3, 0.4) is 0 Å². The Kier molecular flexibility index (Phi) is 5.40. The third-order valence-corrected chi connectivity index (χ3v) is 4.98. The van der Waals surface area contributed by atoms with Gasteiger partial charge in [-0.15, -0.1) is 0 Å². The topological polar surface area (TPSA) is 59.5 Å². The molecule has 0 saturated carbocycles. The van der Waals surface area contributed by atoms with Gasteiger partial charge in [0.2, 0.25) is 5.13 Å². The van der Waals surface area contributed by atoms with Crippen molar-refractivity contribution in [3.8, 4) is 0 Å². The lowest BCUT2D eigenvalue weighted by Crippen LogP contribution is -2.50. The van der Waals surface area contributed by atoms with Crippen molar-refractivity contribution in [1.29, 1.82) is 0 Å². The average Bonchev–Trinajstić information content (AvgIpc) is 3.20. The molecule has 0 amide bonds. The first-order valence-corrected chi connectivity index (χ1v) is 8.60. The second-order valence-corrected chi connectivity index (χ2v) is 6.34. The van der Waals surface area contributed by atoms with E-state index in [4.69, 9.17) is 9.47 Å². The summed E-state index contributed by atoms with van der Waals surface area (Å²) in [7, 11) is 0. The molecule has 2 aliphatic heterocycles. The summed E-state index contributed by atoms with van der Waals surface area (Å²) in [6.07, 6.45) is 2.04. The Hall–Kier alpha value is -0.760. The average molecular weight is 312 g/mol. The highest BCUT2D eigenvalue weighted by atomic mass is 32.1. The molecule has 1 aromatic heterocycles. The van der Waals surface area contributed by atoms with Crippen LogP contribution in [0.15, 0.2) is 0 Å². The van der Waals surface area contributed by atoms with Crippen LogP contribution in [-0.2, 0) is 15.9 Å². The number of hydrogen-bond acceptors (Lipinski definition) is 7. The normalized spacial score (nSPS) is 25.1. The van der Waals surface area contributed by atoms with Gasteiger partial charge in [-0.25, -0.2) is 4.98 Å². The molecule has 7 heteroatoms. The van der Waals surface area contributed by atoms with E-state index in [9.17, 15) is 0 Å². The van der Waals surface area contributed by atoms with Gasteiger partial charge in [-0.2, -0.15) is 4.37 Å². The number of morpholine rings is 1. The summed E-state index contributed by atoms with van der Waals surface area (Å²) in [6, 6.07) is 0.491. The fourth-order valence-electron chi connectivity index (χ4n) is 3.02. The van der Waals surface area contributed by atoms with Crippen LogP contribution in [0.4, 0.5) is 5.13 Å². The fraction of sp³-hybridized carbons (Fsp3) is 0.857. The van der Waals surface area contributed by atoms with Crippen molar-refractivity contribution in [3.05, 3.63) is 5.82 Å². The van der Waals surface area contributed by atoms with E-state index in [1.54, 1.807) is 0 Å². The Morgan fingerprint density at radius 2 is 2.19 bits per heavy atom. The smallest absolute Gasteiger partial charge is 0.202 e. The Labute approximate surface area is 130 Å². The molecule has 0 aromatic carbocycles. The minimum atomic E-state index is 0.491. The summed E-state index contributed by atoms with van der Waals surface area (Å²) in [5.74, 6) is 1.53. The van der Waals surface area contributed by atoms with E-state index < -0.39 is 0 Å². The number of nitrogens with one attached hydrogen (secondary N) is 1. The maximum Gasteiger partial charge on any atom is 0.202 e. The molecule has 118 valence electrons. The quantitative estimate of drug-likeness (QED) is 0.853. The van der Waals surface area contributed by atoms with Gasteiger partial charge in [-0.1, -0.05) is 6.92 Å². The van der Waals surface area contributed by atoms with Crippen LogP contribution in [0.1, 0.15) is 19.2 Å². The zero-order chi connectivity index (χ0) is 14.5. The molecular formula is C14H24N4O2S. The van der Waals surface area contributed by atoms with Crippen molar-refractivity contribution >= 4 is 16.7 Å². The summed E-state index contributed by atoms with van der Waals surface area (Å²) >= 11 is 1.46. The summed E-state index contributed by atoms with van der Waals surface area (Å²) in [6.45, 7) is 8.46. The highest BCUT2D eigenvalue weighted by molar-refractivity contribution is 7.09. The van der Waals surface area contributed by atoms with Gasteiger partial charge in [0.05, 0.1) is 19.8 Å². The van der Waals surface area contributed by atoms with Crippen LogP contribution >= 0.6 is 11.5 Å². The number of aromatic nitrogens is 2. The standard InChI is InChI=1S/C14H24N4O2S/c1-2-13-16-14(21-17-13)15-9-12(11-3-6-20-10-11)18-4-7-19-8-5-18/h11-12H,2-10H2,1H3,(H,15,16,17)/t11-,12-/m0/s1. The predicted molar refractivity (Wildman–Crippen MR) is 82.9 cm³/mol.